The Morgan fingerprint density at radius 3 is 0.661 bits per heavy atom. The molecule has 56 heavy (non-hydrogen) atoms. The van der Waals surface area contributed by atoms with Gasteiger partial charge in [0.2, 0.25) is 0 Å². The van der Waals surface area contributed by atoms with Gasteiger partial charge >= 0.3 is 62.3 Å². The van der Waals surface area contributed by atoms with Crippen LogP contribution in [0, 0.1) is 0 Å². The van der Waals surface area contributed by atoms with E-state index in [9.17, 15) is 0 Å². The SMILES string of the molecule is C1CCCC1.[Cl][Pt][Cl].[Cl][Ru].c1ccc(P(CP(c2ccccc2)c2ccccc2)c2ccccc2)cc1.c1ccc(P(c2ccccc2)c2ccccc2)cc1. The molecule has 8 heteroatoms. The molecule has 0 saturated heterocycles. The second kappa shape index (κ2) is 29.3. The minimum atomic E-state index is -0.472. The summed E-state index contributed by atoms with van der Waals surface area (Å²) in [6.07, 6.45) is 7.50. The van der Waals surface area contributed by atoms with Crippen LogP contribution >= 0.6 is 52.3 Å². The zero-order valence-corrected chi connectivity index (χ0v) is 40.1. The molecular weight excluding hydrogens is 1070 g/mol. The molecule has 293 valence electrons. The fourth-order valence-corrected chi connectivity index (χ4v) is 15.0. The van der Waals surface area contributed by atoms with Crippen LogP contribution in [0.15, 0.2) is 212 Å². The van der Waals surface area contributed by atoms with Gasteiger partial charge in [-0.15, -0.1) is 0 Å². The quantitative estimate of drug-likeness (QED) is 0.0998. The molecule has 7 aromatic rings. The maximum Gasteiger partial charge on any atom is 0.00405 e. The van der Waals surface area contributed by atoms with Crippen LogP contribution in [0.3, 0.4) is 0 Å². The van der Waals surface area contributed by atoms with Crippen molar-refractivity contribution < 1.29 is 33.8 Å². The van der Waals surface area contributed by atoms with Crippen molar-refractivity contribution in [3.63, 3.8) is 0 Å². The molecule has 0 heterocycles. The zero-order valence-electron chi connectivity index (χ0n) is 31.1. The first kappa shape index (κ1) is 46.7. The van der Waals surface area contributed by atoms with Gasteiger partial charge in [-0.1, -0.05) is 244 Å². The minimum absolute atomic E-state index is 0.409. The Kier molecular flexibility index (Phi) is 24.4. The second-order valence-electron chi connectivity index (χ2n) is 12.5. The van der Waals surface area contributed by atoms with Crippen LogP contribution in [0.1, 0.15) is 32.1 Å². The molecule has 0 N–H and O–H groups in total. The molecule has 0 radical (unpaired) electrons. The van der Waals surface area contributed by atoms with Gasteiger partial charge < -0.3 is 0 Å². The van der Waals surface area contributed by atoms with Crippen molar-refractivity contribution in [2.45, 2.75) is 32.1 Å². The van der Waals surface area contributed by atoms with Gasteiger partial charge in [-0.2, -0.15) is 0 Å². The zero-order chi connectivity index (χ0) is 39.5. The number of halogens is 3. The summed E-state index contributed by atoms with van der Waals surface area (Å²) in [5, 5.41) is 10.0. The normalized spacial score (nSPS) is 11.6. The molecule has 1 saturated carbocycles. The largest absolute Gasteiger partial charge is 0.0622 e. The molecule has 7 aromatic carbocycles. The molecule has 1 aliphatic carbocycles. The minimum Gasteiger partial charge on any atom is -0.0622 e. The summed E-state index contributed by atoms with van der Waals surface area (Å²) in [6, 6.07) is 76.5. The van der Waals surface area contributed by atoms with Gasteiger partial charge in [-0.25, -0.2) is 0 Å². The third-order valence-corrected chi connectivity index (χ3v) is 17.2. The predicted molar refractivity (Wildman–Crippen MR) is 249 cm³/mol. The third-order valence-electron chi connectivity index (χ3n) is 8.85. The van der Waals surface area contributed by atoms with E-state index in [0.29, 0.717) is 0 Å². The standard InChI is InChI=1S/C25H22P2.C18H15P.C5H10.3ClH.Pt.Ru/c1-5-13-22(14-6-1)26(23-15-7-2-8-16-23)21-27(24-17-9-3-10-18-24)25-19-11-4-12-20-25;1-4-10-16(11-5-1)19(17-12-6-2-7-13-17)18-14-8-3-9-15-18;1-2-4-5-3-1;;;;;/h1-20H,21H2;1-15H;1-5H2;3*1H;;/q;;;;;;+2;+1/p-3. The Hall–Kier alpha value is -1.99. The first-order valence-corrected chi connectivity index (χ1v) is 30.7. The molecule has 0 aliphatic heterocycles. The Labute approximate surface area is 370 Å². The van der Waals surface area contributed by atoms with E-state index in [1.807, 2.05) is 17.3 Å². The van der Waals surface area contributed by atoms with Gasteiger partial charge in [-0.05, 0) is 60.9 Å². The molecule has 1 fully saturated rings. The van der Waals surface area contributed by atoms with Crippen molar-refractivity contribution in [3.05, 3.63) is 212 Å². The maximum atomic E-state index is 4.88. The summed E-state index contributed by atoms with van der Waals surface area (Å²) in [5.41, 5.74) is 0. The van der Waals surface area contributed by atoms with E-state index in [-0.39, 0.29) is 0 Å². The van der Waals surface area contributed by atoms with Crippen molar-refractivity contribution in [3.8, 4) is 0 Å². The Morgan fingerprint density at radius 1 is 0.321 bits per heavy atom. The van der Waals surface area contributed by atoms with Gasteiger partial charge in [0.1, 0.15) is 0 Å². The van der Waals surface area contributed by atoms with Gasteiger partial charge in [-0.3, -0.25) is 0 Å². The molecule has 0 nitrogen and oxygen atoms in total. The maximum absolute atomic E-state index is 4.88. The Morgan fingerprint density at radius 2 is 0.482 bits per heavy atom. The molecule has 0 atom stereocenters. The van der Waals surface area contributed by atoms with Crippen molar-refractivity contribution >= 4 is 89.4 Å². The van der Waals surface area contributed by atoms with Crippen molar-refractivity contribution in [2.75, 3.05) is 5.90 Å². The van der Waals surface area contributed by atoms with Gasteiger partial charge in [0, 0.05) is 5.90 Å². The van der Waals surface area contributed by atoms with Crippen molar-refractivity contribution in [2.24, 2.45) is 0 Å². The first-order valence-electron chi connectivity index (χ1n) is 18.4. The molecule has 1 aliphatic rings. The smallest absolute Gasteiger partial charge is 0.00405 e. The van der Waals surface area contributed by atoms with Crippen LogP contribution in [0.25, 0.3) is 0 Å². The average molecular weight is 1120 g/mol. The number of benzene rings is 7. The predicted octanol–water partition coefficient (Wildman–Crippen LogP) is 12.7. The summed E-state index contributed by atoms with van der Waals surface area (Å²) in [5.74, 6) is 1.17. The number of hydrogen-bond donors (Lipinski definition) is 0. The summed E-state index contributed by atoms with van der Waals surface area (Å²) in [7, 11) is 13.1. The third kappa shape index (κ3) is 16.3. The molecule has 0 aromatic heterocycles. The fourth-order valence-electron chi connectivity index (χ4n) is 6.26. The molecule has 0 spiro atoms. The topological polar surface area (TPSA) is 0 Å². The monoisotopic (exact) mass is 1120 g/mol. The van der Waals surface area contributed by atoms with Gasteiger partial charge in [0.05, 0.1) is 0 Å². The van der Waals surface area contributed by atoms with Crippen LogP contribution in [0.4, 0.5) is 0 Å². The van der Waals surface area contributed by atoms with Gasteiger partial charge in [0.15, 0.2) is 0 Å². The van der Waals surface area contributed by atoms with E-state index in [0.717, 1.165) is 0 Å². The Balaban J connectivity index is 0.000000207. The van der Waals surface area contributed by atoms with Crippen LogP contribution in [0.5, 0.6) is 0 Å². The molecule has 0 unspecified atom stereocenters. The van der Waals surface area contributed by atoms with Crippen LogP contribution in [-0.2, 0) is 33.8 Å². The Bertz CT molecular complexity index is 1700. The van der Waals surface area contributed by atoms with Crippen LogP contribution < -0.4 is 37.1 Å². The van der Waals surface area contributed by atoms with E-state index in [1.165, 1.54) is 75.1 Å². The van der Waals surface area contributed by atoms with Crippen LogP contribution in [-0.4, -0.2) is 5.90 Å². The average Bonchev–Trinajstić information content (AvgIpc) is 3.89. The summed E-state index contributed by atoms with van der Waals surface area (Å²) >= 11 is 1.35. The van der Waals surface area contributed by atoms with E-state index in [4.69, 9.17) is 18.8 Å². The van der Waals surface area contributed by atoms with E-state index in [2.05, 4.69) is 222 Å². The van der Waals surface area contributed by atoms with Crippen molar-refractivity contribution in [1.29, 1.82) is 0 Å². The second-order valence-corrected chi connectivity index (χ2v) is 22.9. The van der Waals surface area contributed by atoms with Crippen LogP contribution in [0.2, 0.25) is 0 Å². The van der Waals surface area contributed by atoms with E-state index in [1.54, 1.807) is 0 Å². The first-order chi connectivity index (χ1) is 27.8. The summed E-state index contributed by atoms with van der Waals surface area (Å²) in [6.45, 7) is 0. The molecule has 0 amide bonds. The molecular formula is C48H47Cl3P3PtRu. The fraction of sp³-hybridized carbons (Fsp3) is 0.125. The molecule has 0 bridgehead atoms. The van der Waals surface area contributed by atoms with E-state index < -0.39 is 40.2 Å². The summed E-state index contributed by atoms with van der Waals surface area (Å²) < 4.78 is 0. The number of hydrogen-bond acceptors (Lipinski definition) is 0. The molecule has 8 rings (SSSR count). The number of rotatable bonds is 9. The van der Waals surface area contributed by atoms with Crippen molar-refractivity contribution in [1.82, 2.24) is 0 Å². The summed E-state index contributed by atoms with van der Waals surface area (Å²) in [4.78, 5) is 0. The van der Waals surface area contributed by atoms with Gasteiger partial charge in [0.25, 0.3) is 0 Å². The van der Waals surface area contributed by atoms with E-state index >= 15 is 0 Å².